The minimum absolute atomic E-state index is 0.759. The van der Waals surface area contributed by atoms with E-state index < -0.39 is 0 Å². The molecule has 0 aliphatic carbocycles. The molecule has 0 saturated heterocycles. The lowest BCUT2D eigenvalue weighted by Crippen LogP contribution is -2.25. The average molecular weight is 345 g/mol. The van der Waals surface area contributed by atoms with Gasteiger partial charge < -0.3 is 5.32 Å². The van der Waals surface area contributed by atoms with Gasteiger partial charge in [-0.2, -0.15) is 0 Å². The molecule has 1 N–H and O–H groups in total. The topological polar surface area (TPSA) is 12.0 Å². The van der Waals surface area contributed by atoms with E-state index in [1.54, 1.807) is 0 Å². The summed E-state index contributed by atoms with van der Waals surface area (Å²) in [6, 6.07) is 8.94. The van der Waals surface area contributed by atoms with Crippen LogP contribution in [0.15, 0.2) is 24.3 Å². The van der Waals surface area contributed by atoms with Gasteiger partial charge in [0.25, 0.3) is 0 Å². The van der Waals surface area contributed by atoms with E-state index in [0.717, 1.165) is 24.9 Å². The maximum absolute atomic E-state index is 3.48. The van der Waals surface area contributed by atoms with E-state index >= 15 is 0 Å². The second kappa shape index (κ2) is 8.09. The van der Waals surface area contributed by atoms with E-state index in [4.69, 9.17) is 0 Å². The quantitative estimate of drug-likeness (QED) is 0.734. The molecule has 1 nitrogen and oxygen atoms in total. The first-order chi connectivity index (χ1) is 8.11. The van der Waals surface area contributed by atoms with E-state index in [9.17, 15) is 0 Å². The zero-order valence-electron chi connectivity index (χ0n) is 11.2. The lowest BCUT2D eigenvalue weighted by Gasteiger charge is -2.19. The Morgan fingerprint density at radius 1 is 1.18 bits per heavy atom. The fourth-order valence-corrected chi connectivity index (χ4v) is 2.57. The highest BCUT2D eigenvalue weighted by Crippen LogP contribution is 2.17. The van der Waals surface area contributed by atoms with Crippen molar-refractivity contribution in [3.05, 3.63) is 33.4 Å². The van der Waals surface area contributed by atoms with Gasteiger partial charge in [0.15, 0.2) is 0 Å². The molecule has 1 atom stereocenters. The first-order valence-corrected chi connectivity index (χ1v) is 7.64. The van der Waals surface area contributed by atoms with Crippen molar-refractivity contribution in [2.45, 2.75) is 33.6 Å². The molecule has 1 unspecified atom stereocenters. The Morgan fingerprint density at radius 3 is 2.35 bits per heavy atom. The Balaban J connectivity index is 2.54. The van der Waals surface area contributed by atoms with Crippen LogP contribution in [-0.2, 0) is 6.42 Å². The molecule has 0 fully saturated rings. The van der Waals surface area contributed by atoms with Gasteiger partial charge in [0.2, 0.25) is 0 Å². The lowest BCUT2D eigenvalue weighted by atomic mass is 9.91. The highest BCUT2D eigenvalue weighted by Gasteiger charge is 2.11. The number of rotatable bonds is 7. The minimum Gasteiger partial charge on any atom is -0.317 e. The van der Waals surface area contributed by atoms with Crippen molar-refractivity contribution in [3.63, 3.8) is 0 Å². The van der Waals surface area contributed by atoms with Gasteiger partial charge in [-0.15, -0.1) is 0 Å². The molecule has 0 spiro atoms. The maximum Gasteiger partial charge on any atom is 0.0130 e. The molecule has 1 aromatic carbocycles. The van der Waals surface area contributed by atoms with Gasteiger partial charge >= 0.3 is 0 Å². The summed E-state index contributed by atoms with van der Waals surface area (Å²) in [7, 11) is 0. The Bertz CT molecular complexity index is 305. The van der Waals surface area contributed by atoms with E-state index in [2.05, 4.69) is 72.9 Å². The molecule has 1 aromatic rings. The third kappa shape index (κ3) is 6.41. The second-order valence-corrected chi connectivity index (χ2v) is 6.38. The molecule has 0 aliphatic heterocycles. The van der Waals surface area contributed by atoms with Gasteiger partial charge in [-0.1, -0.05) is 32.9 Å². The molecule has 0 aliphatic rings. The van der Waals surface area contributed by atoms with Crippen molar-refractivity contribution in [1.29, 1.82) is 0 Å². The van der Waals surface area contributed by atoms with Crippen LogP contribution in [0, 0.1) is 15.4 Å². The van der Waals surface area contributed by atoms with Crippen LogP contribution in [0.3, 0.4) is 0 Å². The normalized spacial score (nSPS) is 13.0. The van der Waals surface area contributed by atoms with Crippen LogP contribution in [0.1, 0.15) is 32.8 Å². The molecular formula is C15H24IN. The number of hydrogen-bond acceptors (Lipinski definition) is 1. The van der Waals surface area contributed by atoms with E-state index in [0.29, 0.717) is 0 Å². The van der Waals surface area contributed by atoms with Crippen molar-refractivity contribution in [2.24, 2.45) is 11.8 Å². The van der Waals surface area contributed by atoms with Crippen LogP contribution >= 0.6 is 22.6 Å². The molecule has 2 heteroatoms. The van der Waals surface area contributed by atoms with Crippen molar-refractivity contribution in [1.82, 2.24) is 5.32 Å². The standard InChI is InChI=1S/C15H24IN/c1-4-17-11-14(9-12(2)3)10-13-5-7-15(16)8-6-13/h5-8,12,14,17H,4,9-11H2,1-3H3. The van der Waals surface area contributed by atoms with Gasteiger partial charge in [-0.05, 0) is 78.1 Å². The first kappa shape index (κ1) is 15.0. The Labute approximate surface area is 120 Å². The number of benzene rings is 1. The zero-order valence-corrected chi connectivity index (χ0v) is 13.3. The summed E-state index contributed by atoms with van der Waals surface area (Å²) >= 11 is 2.36. The molecule has 96 valence electrons. The van der Waals surface area contributed by atoms with E-state index in [-0.39, 0.29) is 0 Å². The number of hydrogen-bond donors (Lipinski definition) is 1. The highest BCUT2D eigenvalue weighted by molar-refractivity contribution is 14.1. The molecule has 1 rings (SSSR count). The van der Waals surface area contributed by atoms with Gasteiger partial charge in [-0.25, -0.2) is 0 Å². The summed E-state index contributed by atoms with van der Waals surface area (Å²) in [6.07, 6.45) is 2.50. The maximum atomic E-state index is 3.48. The smallest absolute Gasteiger partial charge is 0.0130 e. The van der Waals surface area contributed by atoms with Crippen molar-refractivity contribution < 1.29 is 0 Å². The molecule has 0 radical (unpaired) electrons. The molecule has 0 bridgehead atoms. The van der Waals surface area contributed by atoms with Gasteiger partial charge in [0.05, 0.1) is 0 Å². The van der Waals surface area contributed by atoms with Crippen LogP contribution in [0.25, 0.3) is 0 Å². The Morgan fingerprint density at radius 2 is 1.82 bits per heavy atom. The van der Waals surface area contributed by atoms with Crippen molar-refractivity contribution >= 4 is 22.6 Å². The SMILES string of the molecule is CCNCC(Cc1ccc(I)cc1)CC(C)C. The van der Waals surface area contributed by atoms with Crippen molar-refractivity contribution in [2.75, 3.05) is 13.1 Å². The summed E-state index contributed by atoms with van der Waals surface area (Å²) < 4.78 is 1.32. The summed E-state index contributed by atoms with van der Waals surface area (Å²) in [4.78, 5) is 0. The summed E-state index contributed by atoms with van der Waals surface area (Å²) in [5, 5.41) is 3.48. The van der Waals surface area contributed by atoms with Gasteiger partial charge in [0.1, 0.15) is 0 Å². The van der Waals surface area contributed by atoms with Crippen LogP contribution in [0.4, 0.5) is 0 Å². The van der Waals surface area contributed by atoms with Gasteiger partial charge in [0, 0.05) is 3.57 Å². The number of halogens is 1. The summed E-state index contributed by atoms with van der Waals surface area (Å²) in [5.41, 5.74) is 1.47. The molecular weight excluding hydrogens is 321 g/mol. The van der Waals surface area contributed by atoms with Crippen LogP contribution < -0.4 is 5.32 Å². The third-order valence-electron chi connectivity index (χ3n) is 2.93. The Kier molecular flexibility index (Phi) is 7.12. The first-order valence-electron chi connectivity index (χ1n) is 6.57. The van der Waals surface area contributed by atoms with Gasteiger partial charge in [-0.3, -0.25) is 0 Å². The fraction of sp³-hybridized carbons (Fsp3) is 0.600. The molecule has 0 aromatic heterocycles. The van der Waals surface area contributed by atoms with Crippen LogP contribution in [0.2, 0.25) is 0 Å². The average Bonchev–Trinajstić information content (AvgIpc) is 2.28. The zero-order chi connectivity index (χ0) is 12.7. The van der Waals surface area contributed by atoms with Crippen LogP contribution in [0.5, 0.6) is 0 Å². The van der Waals surface area contributed by atoms with Crippen molar-refractivity contribution in [3.8, 4) is 0 Å². The predicted octanol–water partition coefficient (Wildman–Crippen LogP) is 4.11. The molecule has 0 amide bonds. The highest BCUT2D eigenvalue weighted by atomic mass is 127. The third-order valence-corrected chi connectivity index (χ3v) is 3.64. The monoisotopic (exact) mass is 345 g/mol. The van der Waals surface area contributed by atoms with E-state index in [1.807, 2.05) is 0 Å². The summed E-state index contributed by atoms with van der Waals surface area (Å²) in [6.45, 7) is 9.01. The molecule has 17 heavy (non-hydrogen) atoms. The minimum atomic E-state index is 0.759. The predicted molar refractivity (Wildman–Crippen MR) is 84.4 cm³/mol. The molecule has 0 saturated carbocycles. The van der Waals surface area contributed by atoms with E-state index in [1.165, 1.54) is 22.0 Å². The largest absolute Gasteiger partial charge is 0.317 e. The molecule has 0 heterocycles. The van der Waals surface area contributed by atoms with Crippen LogP contribution in [-0.4, -0.2) is 13.1 Å². The fourth-order valence-electron chi connectivity index (χ4n) is 2.21. The Hall–Kier alpha value is -0.0900. The number of nitrogens with one attached hydrogen (secondary N) is 1. The second-order valence-electron chi connectivity index (χ2n) is 5.13. The lowest BCUT2D eigenvalue weighted by molar-refractivity contribution is 0.388. The summed E-state index contributed by atoms with van der Waals surface area (Å²) in [5.74, 6) is 1.54.